The predicted molar refractivity (Wildman–Crippen MR) is 65.4 cm³/mol. The lowest BCUT2D eigenvalue weighted by Crippen LogP contribution is -1.97. The highest BCUT2D eigenvalue weighted by atomic mass is 32.2. The molecule has 0 bridgehead atoms. The van der Waals surface area contributed by atoms with Crippen LogP contribution in [0, 0.1) is 0 Å². The molecule has 0 aliphatic rings. The maximum absolute atomic E-state index is 10.5. The number of carboxylic acids is 1. The average molecular weight is 266 g/mol. The van der Waals surface area contributed by atoms with E-state index in [1.165, 1.54) is 11.7 Å². The number of imidazole rings is 1. The molecule has 0 radical (unpaired) electrons. The van der Waals surface area contributed by atoms with Crippen LogP contribution in [0.25, 0.3) is 22.1 Å². The van der Waals surface area contributed by atoms with Crippen molar-refractivity contribution in [2.75, 3.05) is 5.75 Å². The summed E-state index contributed by atoms with van der Waals surface area (Å²) in [6, 6.07) is 3.74. The number of thioether (sulfide) groups is 1. The fraction of sp³-hybridized carbons (Fsp3) is 0.111. The summed E-state index contributed by atoms with van der Waals surface area (Å²) >= 11 is 2.36. The van der Waals surface area contributed by atoms with Gasteiger partial charge in [-0.3, -0.25) is 9.17 Å². The summed E-state index contributed by atoms with van der Waals surface area (Å²) in [5.41, 5.74) is 3.15. The largest absolute Gasteiger partial charge is 0.481 e. The number of carbonyl (C=O) groups is 1. The van der Waals surface area contributed by atoms with Crippen LogP contribution in [-0.2, 0) is 4.79 Å². The van der Waals surface area contributed by atoms with E-state index >= 15 is 0 Å². The molecule has 2 aromatic heterocycles. The van der Waals surface area contributed by atoms with Gasteiger partial charge in [-0.15, -0.1) is 0 Å². The number of nitrogens with one attached hydrogen (secondary N) is 1. The molecule has 2 N–H and O–H groups in total. The first-order chi connectivity index (χ1) is 8.24. The van der Waals surface area contributed by atoms with Gasteiger partial charge in [0, 0.05) is 11.7 Å². The van der Waals surface area contributed by atoms with Crippen molar-refractivity contribution >= 4 is 51.5 Å². The molecule has 0 aliphatic carbocycles. The van der Waals surface area contributed by atoms with Gasteiger partial charge in [-0.2, -0.15) is 4.37 Å². The Labute approximate surface area is 103 Å². The minimum Gasteiger partial charge on any atom is -0.481 e. The number of fused-ring (bicyclic) bond motifs is 3. The summed E-state index contributed by atoms with van der Waals surface area (Å²) < 4.78 is 7.25. The van der Waals surface area contributed by atoms with Crippen molar-refractivity contribution in [2.45, 2.75) is 5.16 Å². The molecule has 86 valence electrons. The molecule has 0 spiro atoms. The van der Waals surface area contributed by atoms with Crippen molar-refractivity contribution in [1.29, 1.82) is 0 Å². The number of nitrogens with zero attached hydrogens (tertiary/aromatic N) is 3. The second-order valence-corrected chi connectivity index (χ2v) is 4.81. The van der Waals surface area contributed by atoms with Crippen LogP contribution in [0.1, 0.15) is 0 Å². The second kappa shape index (κ2) is 3.97. The minimum absolute atomic E-state index is 0.0390. The third-order valence-corrected chi connectivity index (χ3v) is 3.59. The first-order valence-electron chi connectivity index (χ1n) is 4.69. The quantitative estimate of drug-likeness (QED) is 0.702. The summed E-state index contributed by atoms with van der Waals surface area (Å²) in [5, 5.41) is 9.07. The molecule has 0 amide bonds. The van der Waals surface area contributed by atoms with Crippen LogP contribution < -0.4 is 0 Å². The van der Waals surface area contributed by atoms with E-state index in [-0.39, 0.29) is 5.75 Å². The average Bonchev–Trinajstić information content (AvgIpc) is 2.91. The van der Waals surface area contributed by atoms with Gasteiger partial charge in [0.15, 0.2) is 5.16 Å². The monoisotopic (exact) mass is 266 g/mol. The number of benzene rings is 1. The van der Waals surface area contributed by atoms with E-state index in [0.717, 1.165) is 28.3 Å². The molecule has 0 saturated carbocycles. The van der Waals surface area contributed by atoms with Crippen molar-refractivity contribution in [3.8, 4) is 0 Å². The number of aromatic amines is 1. The molecule has 0 unspecified atom stereocenters. The summed E-state index contributed by atoms with van der Waals surface area (Å²) in [5.74, 6) is -0.918. The van der Waals surface area contributed by atoms with Gasteiger partial charge in [0.2, 0.25) is 0 Å². The summed E-state index contributed by atoms with van der Waals surface area (Å²) in [4.78, 5) is 19.0. The molecule has 8 heteroatoms. The van der Waals surface area contributed by atoms with Gasteiger partial charge in [0.25, 0.3) is 0 Å². The Morgan fingerprint density at radius 3 is 3.12 bits per heavy atom. The van der Waals surface area contributed by atoms with Crippen LogP contribution in [0.2, 0.25) is 0 Å². The molecule has 0 fully saturated rings. The highest BCUT2D eigenvalue weighted by molar-refractivity contribution is 7.99. The molecule has 0 aliphatic heterocycles. The molecule has 3 rings (SSSR count). The number of hydrogen-bond donors (Lipinski definition) is 2. The Balaban J connectivity index is 2.08. The Morgan fingerprint density at radius 2 is 2.29 bits per heavy atom. The summed E-state index contributed by atoms with van der Waals surface area (Å²) in [6.45, 7) is 0. The van der Waals surface area contributed by atoms with E-state index in [1.54, 1.807) is 0 Å². The molecule has 3 aromatic rings. The van der Waals surface area contributed by atoms with Crippen LogP contribution in [-0.4, -0.2) is 35.5 Å². The van der Waals surface area contributed by atoms with E-state index in [0.29, 0.717) is 10.7 Å². The minimum atomic E-state index is -0.879. The van der Waals surface area contributed by atoms with Crippen molar-refractivity contribution in [3.63, 3.8) is 0 Å². The number of rotatable bonds is 3. The van der Waals surface area contributed by atoms with E-state index in [1.807, 2.05) is 12.1 Å². The van der Waals surface area contributed by atoms with Gasteiger partial charge in [-0.1, -0.05) is 11.8 Å². The maximum Gasteiger partial charge on any atom is 0.313 e. The molecule has 1 aromatic carbocycles. The molecule has 2 heterocycles. The van der Waals surface area contributed by atoms with Crippen LogP contribution in [0.3, 0.4) is 0 Å². The fourth-order valence-electron chi connectivity index (χ4n) is 1.48. The van der Waals surface area contributed by atoms with Crippen molar-refractivity contribution in [2.24, 2.45) is 0 Å². The van der Waals surface area contributed by atoms with Gasteiger partial charge in [0.05, 0.1) is 16.8 Å². The third kappa shape index (κ3) is 1.85. The lowest BCUT2D eigenvalue weighted by molar-refractivity contribution is -0.133. The number of H-pyrrole nitrogens is 1. The first-order valence-corrected chi connectivity index (χ1v) is 6.45. The van der Waals surface area contributed by atoms with Crippen LogP contribution in [0.4, 0.5) is 0 Å². The van der Waals surface area contributed by atoms with Crippen molar-refractivity contribution < 1.29 is 9.90 Å². The van der Waals surface area contributed by atoms with E-state index in [2.05, 4.69) is 18.7 Å². The van der Waals surface area contributed by atoms with E-state index < -0.39 is 5.97 Å². The zero-order valence-corrected chi connectivity index (χ0v) is 10.0. The standard InChI is InChI=1S/C9H6N4O2S2/c14-6(15)3-16-9-10-4-1-2-5-8(7(4)11-9)13-17-12-5/h1-2,12H,3H2,(H,14,15). The number of aromatic nitrogens is 4. The van der Waals surface area contributed by atoms with Crippen molar-refractivity contribution in [3.05, 3.63) is 12.1 Å². The Morgan fingerprint density at radius 1 is 1.41 bits per heavy atom. The molecule has 6 nitrogen and oxygen atoms in total. The van der Waals surface area contributed by atoms with Crippen molar-refractivity contribution in [1.82, 2.24) is 18.7 Å². The van der Waals surface area contributed by atoms with E-state index in [4.69, 9.17) is 5.11 Å². The fourth-order valence-corrected chi connectivity index (χ4v) is 2.63. The lowest BCUT2D eigenvalue weighted by atomic mass is 10.3. The zero-order valence-electron chi connectivity index (χ0n) is 8.38. The Kier molecular flexibility index (Phi) is 2.45. The number of hydrogen-bond acceptors (Lipinski definition) is 6. The third-order valence-electron chi connectivity index (χ3n) is 2.17. The summed E-state index contributed by atoms with van der Waals surface area (Å²) in [6.07, 6.45) is 0. The highest BCUT2D eigenvalue weighted by Gasteiger charge is 2.11. The van der Waals surface area contributed by atoms with E-state index in [9.17, 15) is 4.79 Å². The molecular weight excluding hydrogens is 260 g/mol. The smallest absolute Gasteiger partial charge is 0.313 e. The Bertz CT molecular complexity index is 705. The molecule has 0 saturated heterocycles. The highest BCUT2D eigenvalue weighted by Crippen LogP contribution is 2.25. The van der Waals surface area contributed by atoms with Gasteiger partial charge in [-0.25, -0.2) is 9.97 Å². The van der Waals surface area contributed by atoms with Crippen LogP contribution >= 0.6 is 23.5 Å². The molecule has 0 atom stereocenters. The SMILES string of the molecule is O=C(O)CSc1nc2ccc3[nH]snc3c2n1. The second-order valence-electron chi connectivity index (χ2n) is 3.30. The van der Waals surface area contributed by atoms with Gasteiger partial charge >= 0.3 is 5.97 Å². The molecular formula is C9H6N4O2S2. The van der Waals surface area contributed by atoms with Gasteiger partial charge < -0.3 is 5.11 Å². The number of aliphatic carboxylic acids is 1. The van der Waals surface area contributed by atoms with Gasteiger partial charge in [-0.05, 0) is 12.1 Å². The Hall–Kier alpha value is -1.67. The number of carboxylic acid groups (broad SMARTS) is 1. The lowest BCUT2D eigenvalue weighted by Gasteiger charge is -1.88. The van der Waals surface area contributed by atoms with Crippen LogP contribution in [0.15, 0.2) is 17.3 Å². The topological polar surface area (TPSA) is 91.8 Å². The first kappa shape index (κ1) is 10.5. The molecule has 17 heavy (non-hydrogen) atoms. The normalized spacial score (nSPS) is 11.3. The predicted octanol–water partition coefficient (Wildman–Crippen LogP) is 1.74. The zero-order chi connectivity index (χ0) is 11.8. The maximum atomic E-state index is 10.5. The van der Waals surface area contributed by atoms with Crippen LogP contribution in [0.5, 0.6) is 0 Å². The van der Waals surface area contributed by atoms with Gasteiger partial charge in [0.1, 0.15) is 11.0 Å². The summed E-state index contributed by atoms with van der Waals surface area (Å²) in [7, 11) is 0.